The summed E-state index contributed by atoms with van der Waals surface area (Å²) < 4.78 is 1.33. The molecule has 0 unspecified atom stereocenters. The molecule has 0 atom stereocenters. The minimum atomic E-state index is -0.372. The van der Waals surface area contributed by atoms with Gasteiger partial charge in [-0.3, -0.25) is 14.2 Å². The van der Waals surface area contributed by atoms with E-state index in [9.17, 15) is 9.59 Å². The highest BCUT2D eigenvalue weighted by molar-refractivity contribution is 7.16. The van der Waals surface area contributed by atoms with Crippen LogP contribution in [-0.2, 0) is 17.8 Å². The van der Waals surface area contributed by atoms with Crippen LogP contribution in [0.2, 0.25) is 10.0 Å². The van der Waals surface area contributed by atoms with Gasteiger partial charge >= 0.3 is 4.87 Å². The van der Waals surface area contributed by atoms with Gasteiger partial charge in [0.25, 0.3) is 0 Å². The molecule has 32 heavy (non-hydrogen) atoms. The second kappa shape index (κ2) is 8.59. The van der Waals surface area contributed by atoms with Crippen molar-refractivity contribution in [1.82, 2.24) is 19.5 Å². The maximum atomic E-state index is 12.6. The third kappa shape index (κ3) is 4.12. The molecule has 0 aliphatic rings. The van der Waals surface area contributed by atoms with Gasteiger partial charge < -0.3 is 5.32 Å². The van der Waals surface area contributed by atoms with Crippen molar-refractivity contribution in [2.75, 3.05) is 5.32 Å². The van der Waals surface area contributed by atoms with Crippen LogP contribution in [-0.4, -0.2) is 25.4 Å². The second-order valence-electron chi connectivity index (χ2n) is 6.86. The van der Waals surface area contributed by atoms with Crippen molar-refractivity contribution in [1.29, 1.82) is 0 Å². The normalized spacial score (nSPS) is 11.3. The molecule has 0 saturated carbocycles. The smallest absolute Gasteiger partial charge is 0.300 e. The van der Waals surface area contributed by atoms with Crippen molar-refractivity contribution < 1.29 is 4.79 Å². The number of rotatable bonds is 5. The lowest BCUT2D eigenvalue weighted by atomic mass is 10.1. The maximum absolute atomic E-state index is 12.6. The summed E-state index contributed by atoms with van der Waals surface area (Å²) in [5.41, 5.74) is 2.64. The van der Waals surface area contributed by atoms with E-state index in [0.29, 0.717) is 43.1 Å². The van der Waals surface area contributed by atoms with Gasteiger partial charge in [0.15, 0.2) is 15.6 Å². The van der Waals surface area contributed by atoms with E-state index in [1.165, 1.54) is 15.9 Å². The van der Waals surface area contributed by atoms with Crippen molar-refractivity contribution in [2.24, 2.45) is 0 Å². The summed E-state index contributed by atoms with van der Waals surface area (Å²) in [5, 5.41) is 4.18. The number of amides is 1. The van der Waals surface area contributed by atoms with Crippen LogP contribution in [0.4, 0.5) is 5.13 Å². The monoisotopic (exact) mass is 501 g/mol. The van der Waals surface area contributed by atoms with Gasteiger partial charge in [-0.15, -0.1) is 11.3 Å². The molecule has 0 bridgehead atoms. The van der Waals surface area contributed by atoms with E-state index in [0.717, 1.165) is 21.8 Å². The van der Waals surface area contributed by atoms with Gasteiger partial charge in [-0.2, -0.15) is 0 Å². The molecule has 3 heterocycles. The topological polar surface area (TPSA) is 89.8 Å². The van der Waals surface area contributed by atoms with E-state index in [2.05, 4.69) is 20.3 Å². The van der Waals surface area contributed by atoms with Crippen molar-refractivity contribution in [2.45, 2.75) is 13.0 Å². The van der Waals surface area contributed by atoms with Gasteiger partial charge in [-0.25, -0.2) is 15.0 Å². The molecular formula is C21H13Cl2N5O2S2. The number of benzene rings is 2. The standard InChI is InChI=1S/C21H13Cl2N5O2S2/c22-13-5-3-4-11(17(13)23)8-12-9-24-20(31-12)27-16(29)10-28-18-19(32-21(28)30)26-15-7-2-1-6-14(15)25-18/h1-7,9H,8,10H2,(H,24,27,29). The molecular weight excluding hydrogens is 489 g/mol. The van der Waals surface area contributed by atoms with Crippen molar-refractivity contribution in [3.8, 4) is 0 Å². The average molecular weight is 502 g/mol. The number of hydrogen-bond donors (Lipinski definition) is 1. The molecule has 0 spiro atoms. The largest absolute Gasteiger partial charge is 0.311 e. The highest BCUT2D eigenvalue weighted by atomic mass is 35.5. The van der Waals surface area contributed by atoms with Crippen LogP contribution in [0.15, 0.2) is 53.5 Å². The lowest BCUT2D eigenvalue weighted by molar-refractivity contribution is -0.116. The van der Waals surface area contributed by atoms with Crippen LogP contribution in [0.5, 0.6) is 0 Å². The third-order valence-electron chi connectivity index (χ3n) is 4.68. The number of aromatic nitrogens is 4. The molecule has 0 aliphatic carbocycles. The number of nitrogens with one attached hydrogen (secondary N) is 1. The van der Waals surface area contributed by atoms with E-state index in [1.807, 2.05) is 36.4 Å². The number of para-hydroxylation sites is 2. The first-order chi connectivity index (χ1) is 15.5. The quantitative estimate of drug-likeness (QED) is 0.366. The van der Waals surface area contributed by atoms with Gasteiger partial charge in [-0.05, 0) is 23.8 Å². The Kier molecular flexibility index (Phi) is 5.64. The fourth-order valence-corrected chi connectivity index (χ4v) is 5.26. The molecule has 5 aromatic rings. The Morgan fingerprint density at radius 1 is 1.03 bits per heavy atom. The second-order valence-corrected chi connectivity index (χ2v) is 9.71. The summed E-state index contributed by atoms with van der Waals surface area (Å²) in [6.07, 6.45) is 2.23. The number of hydrogen-bond acceptors (Lipinski definition) is 7. The minimum absolute atomic E-state index is 0.180. The number of carbonyl (C=O) groups is 1. The van der Waals surface area contributed by atoms with Gasteiger partial charge in [0.1, 0.15) is 6.54 Å². The summed E-state index contributed by atoms with van der Waals surface area (Å²) in [6.45, 7) is -0.180. The number of anilines is 1. The highest BCUT2D eigenvalue weighted by Gasteiger charge is 2.16. The number of halogens is 2. The highest BCUT2D eigenvalue weighted by Crippen LogP contribution is 2.29. The Balaban J connectivity index is 1.34. The van der Waals surface area contributed by atoms with Crippen LogP contribution in [0.3, 0.4) is 0 Å². The van der Waals surface area contributed by atoms with Crippen molar-refractivity contribution >= 4 is 78.4 Å². The number of nitrogens with zero attached hydrogens (tertiary/aromatic N) is 4. The Morgan fingerprint density at radius 3 is 2.62 bits per heavy atom. The van der Waals surface area contributed by atoms with E-state index >= 15 is 0 Å². The summed E-state index contributed by atoms with van der Waals surface area (Å²) in [4.78, 5) is 39.5. The van der Waals surface area contributed by atoms with Crippen LogP contribution in [0, 0.1) is 0 Å². The summed E-state index contributed by atoms with van der Waals surface area (Å²) >= 11 is 14.6. The Hall–Kier alpha value is -2.85. The number of thiazole rings is 2. The molecule has 0 fully saturated rings. The Labute approximate surface area is 199 Å². The van der Waals surface area contributed by atoms with Crippen LogP contribution in [0.25, 0.3) is 21.5 Å². The SMILES string of the molecule is O=C(Cn1c(=O)sc2nc3ccccc3nc21)Nc1ncc(Cc2cccc(Cl)c2Cl)s1. The number of fused-ring (bicyclic) bond motifs is 2. The average Bonchev–Trinajstić information content (AvgIpc) is 3.33. The van der Waals surface area contributed by atoms with E-state index in [1.54, 1.807) is 12.3 Å². The van der Waals surface area contributed by atoms with E-state index < -0.39 is 0 Å². The molecule has 11 heteroatoms. The van der Waals surface area contributed by atoms with Crippen molar-refractivity contribution in [3.63, 3.8) is 0 Å². The summed E-state index contributed by atoms with van der Waals surface area (Å²) in [6, 6.07) is 12.8. The first-order valence-electron chi connectivity index (χ1n) is 9.41. The molecule has 5 rings (SSSR count). The molecule has 3 aromatic heterocycles. The molecule has 1 N–H and O–H groups in total. The predicted molar refractivity (Wildman–Crippen MR) is 129 cm³/mol. The molecule has 1 amide bonds. The lowest BCUT2D eigenvalue weighted by Crippen LogP contribution is -2.24. The Bertz CT molecular complexity index is 1540. The van der Waals surface area contributed by atoms with Crippen LogP contribution < -0.4 is 10.2 Å². The van der Waals surface area contributed by atoms with Gasteiger partial charge in [0, 0.05) is 17.5 Å². The summed E-state index contributed by atoms with van der Waals surface area (Å²) in [5.74, 6) is -0.372. The molecule has 0 aliphatic heterocycles. The zero-order valence-corrected chi connectivity index (χ0v) is 19.4. The maximum Gasteiger partial charge on any atom is 0.311 e. The zero-order valence-electron chi connectivity index (χ0n) is 16.2. The van der Waals surface area contributed by atoms with Crippen molar-refractivity contribution in [3.05, 3.63) is 78.8 Å². The third-order valence-corrected chi connectivity index (χ3v) is 7.31. The van der Waals surface area contributed by atoms with Gasteiger partial charge in [0.2, 0.25) is 5.91 Å². The molecule has 2 aromatic carbocycles. The molecule has 0 radical (unpaired) electrons. The van der Waals surface area contributed by atoms with Gasteiger partial charge in [-0.1, -0.05) is 58.8 Å². The van der Waals surface area contributed by atoms with E-state index in [-0.39, 0.29) is 17.3 Å². The fourth-order valence-electron chi connectivity index (χ4n) is 3.20. The predicted octanol–water partition coefficient (Wildman–Crippen LogP) is 5.00. The Morgan fingerprint density at radius 2 is 1.81 bits per heavy atom. The van der Waals surface area contributed by atoms with E-state index in [4.69, 9.17) is 23.2 Å². The molecule has 0 saturated heterocycles. The lowest BCUT2D eigenvalue weighted by Gasteiger charge is -2.04. The molecule has 7 nitrogen and oxygen atoms in total. The van der Waals surface area contributed by atoms with Crippen LogP contribution in [0.1, 0.15) is 10.4 Å². The first-order valence-corrected chi connectivity index (χ1v) is 11.8. The summed E-state index contributed by atoms with van der Waals surface area (Å²) in [7, 11) is 0. The number of carbonyl (C=O) groups excluding carboxylic acids is 1. The van der Waals surface area contributed by atoms with Gasteiger partial charge in [0.05, 0.1) is 21.1 Å². The van der Waals surface area contributed by atoms with Crippen LogP contribution >= 0.6 is 45.9 Å². The minimum Gasteiger partial charge on any atom is -0.300 e. The first kappa shape index (κ1) is 21.0. The zero-order chi connectivity index (χ0) is 22.2. The molecule has 160 valence electrons. The fraction of sp³-hybridized carbons (Fsp3) is 0.0952.